The van der Waals surface area contributed by atoms with Gasteiger partial charge >= 0.3 is 0 Å². The number of benzene rings is 2. The molecular weight excluding hydrogens is 384 g/mol. The third kappa shape index (κ3) is 3.94. The summed E-state index contributed by atoms with van der Waals surface area (Å²) < 4.78 is 2.26. The molecule has 1 aliphatic rings. The van der Waals surface area contributed by atoms with Crippen LogP contribution in [0.1, 0.15) is 11.4 Å². The number of aromatic nitrogens is 2. The molecule has 0 radical (unpaired) electrons. The van der Waals surface area contributed by atoms with Crippen molar-refractivity contribution in [3.8, 4) is 0 Å². The van der Waals surface area contributed by atoms with Gasteiger partial charge in [0.15, 0.2) is 0 Å². The molecule has 0 saturated carbocycles. The number of nitrogens with zero attached hydrogens (tertiary/aromatic N) is 3. The molecule has 31 heavy (non-hydrogen) atoms. The third-order valence-corrected chi connectivity index (χ3v) is 6.33. The molecule has 2 aromatic carbocycles. The van der Waals surface area contributed by atoms with E-state index in [0.29, 0.717) is 0 Å². The topological polar surface area (TPSA) is 46.4 Å². The number of H-pyrrole nitrogens is 1. The predicted molar refractivity (Wildman–Crippen MR) is 128 cm³/mol. The molecule has 2 N–H and O–H groups in total. The fraction of sp³-hybridized carbons (Fsp3) is 0.269. The zero-order valence-corrected chi connectivity index (χ0v) is 18.0. The number of piperazine rings is 1. The fourth-order valence-corrected chi connectivity index (χ4v) is 4.57. The number of hydrogen-bond acceptors (Lipinski definition) is 3. The molecular formula is C26H29N4O+. The molecule has 0 amide bonds. The van der Waals surface area contributed by atoms with Crippen LogP contribution >= 0.6 is 0 Å². The van der Waals surface area contributed by atoms with Crippen molar-refractivity contribution in [2.45, 2.75) is 0 Å². The van der Waals surface area contributed by atoms with Crippen LogP contribution in [0.3, 0.4) is 0 Å². The van der Waals surface area contributed by atoms with Crippen molar-refractivity contribution >= 4 is 39.6 Å². The molecule has 0 bridgehead atoms. The third-order valence-electron chi connectivity index (χ3n) is 6.33. The van der Waals surface area contributed by atoms with Crippen molar-refractivity contribution in [1.82, 2.24) is 9.88 Å². The summed E-state index contributed by atoms with van der Waals surface area (Å²) >= 11 is 0. The van der Waals surface area contributed by atoms with Crippen molar-refractivity contribution < 1.29 is 9.67 Å². The lowest BCUT2D eigenvalue weighted by Gasteiger charge is -2.36. The lowest BCUT2D eigenvalue weighted by molar-refractivity contribution is -0.646. The second kappa shape index (κ2) is 8.53. The maximum absolute atomic E-state index is 9.24. The molecule has 4 aromatic rings. The van der Waals surface area contributed by atoms with Crippen molar-refractivity contribution in [2.24, 2.45) is 7.05 Å². The van der Waals surface area contributed by atoms with Gasteiger partial charge in [0.2, 0.25) is 11.2 Å². The molecule has 1 saturated heterocycles. The molecule has 5 rings (SSSR count). The minimum atomic E-state index is 0.229. The van der Waals surface area contributed by atoms with Crippen LogP contribution in [-0.2, 0) is 7.05 Å². The van der Waals surface area contributed by atoms with Crippen molar-refractivity contribution in [3.63, 3.8) is 0 Å². The molecule has 1 aliphatic heterocycles. The normalized spacial score (nSPS) is 15.5. The van der Waals surface area contributed by atoms with E-state index in [-0.39, 0.29) is 6.61 Å². The molecule has 2 aromatic heterocycles. The van der Waals surface area contributed by atoms with Gasteiger partial charge in [0, 0.05) is 62.1 Å². The highest BCUT2D eigenvalue weighted by Gasteiger charge is 2.22. The second-order valence-electron chi connectivity index (χ2n) is 8.23. The number of fused-ring (bicyclic) bond motifs is 2. The summed E-state index contributed by atoms with van der Waals surface area (Å²) in [6, 6.07) is 21.5. The number of aromatic amines is 1. The van der Waals surface area contributed by atoms with Gasteiger partial charge in [-0.2, -0.15) is 4.57 Å². The van der Waals surface area contributed by atoms with Gasteiger partial charge in [-0.15, -0.1) is 0 Å². The number of para-hydroxylation sites is 2. The maximum atomic E-state index is 9.24. The molecule has 0 aliphatic carbocycles. The summed E-state index contributed by atoms with van der Waals surface area (Å²) in [6.45, 7) is 4.90. The summed E-state index contributed by atoms with van der Waals surface area (Å²) in [7, 11) is 2.14. The first-order valence-electron chi connectivity index (χ1n) is 11.0. The van der Waals surface area contributed by atoms with E-state index in [2.05, 4.69) is 99.2 Å². The van der Waals surface area contributed by atoms with Crippen LogP contribution in [-0.4, -0.2) is 54.3 Å². The van der Waals surface area contributed by atoms with E-state index >= 15 is 0 Å². The summed E-state index contributed by atoms with van der Waals surface area (Å²) in [4.78, 5) is 8.30. The average Bonchev–Trinajstić information content (AvgIpc) is 3.23. The van der Waals surface area contributed by atoms with Crippen LogP contribution in [0.25, 0.3) is 34.0 Å². The standard InChI is InChI=1S/C26H28N4O/c1-28-22(11-10-21-18-20-6-2-4-8-24(20)27-21)19-26(23-7-3-5-9-25(23)28)30-14-12-29(13-15-30)16-17-31/h2-11,18-19,31H,12-17H2,1H3/p+1. The van der Waals surface area contributed by atoms with Crippen LogP contribution in [0.5, 0.6) is 0 Å². The molecule has 5 heteroatoms. The number of anilines is 1. The first-order chi connectivity index (χ1) is 15.2. The van der Waals surface area contributed by atoms with E-state index in [9.17, 15) is 5.11 Å². The van der Waals surface area contributed by atoms with Gasteiger partial charge < -0.3 is 15.0 Å². The van der Waals surface area contributed by atoms with Gasteiger partial charge in [-0.25, -0.2) is 0 Å². The van der Waals surface area contributed by atoms with Crippen molar-refractivity contribution in [2.75, 3.05) is 44.2 Å². The first-order valence-corrected chi connectivity index (χ1v) is 11.0. The van der Waals surface area contributed by atoms with Crippen LogP contribution in [0.4, 0.5) is 5.69 Å². The van der Waals surface area contributed by atoms with E-state index in [1.165, 1.54) is 27.7 Å². The number of aliphatic hydroxyl groups is 1. The molecule has 0 spiro atoms. The van der Waals surface area contributed by atoms with E-state index < -0.39 is 0 Å². The number of pyridine rings is 1. The Labute approximate surface area is 182 Å². The summed E-state index contributed by atoms with van der Waals surface area (Å²) in [5, 5.41) is 11.7. The summed E-state index contributed by atoms with van der Waals surface area (Å²) in [5.41, 5.74) is 5.95. The highest BCUT2D eigenvalue weighted by Crippen LogP contribution is 2.27. The fourth-order valence-electron chi connectivity index (χ4n) is 4.57. The Morgan fingerprint density at radius 1 is 0.968 bits per heavy atom. The minimum absolute atomic E-state index is 0.229. The van der Waals surface area contributed by atoms with Crippen LogP contribution in [0.15, 0.2) is 60.7 Å². The number of β-amino-alcohol motifs (C(OH)–C–C–N with tert-alkyl or cyclic N) is 1. The maximum Gasteiger partial charge on any atom is 0.214 e. The van der Waals surface area contributed by atoms with E-state index in [0.717, 1.165) is 43.9 Å². The summed E-state index contributed by atoms with van der Waals surface area (Å²) in [5.74, 6) is 0. The molecule has 0 unspecified atom stereocenters. The van der Waals surface area contributed by atoms with Gasteiger partial charge in [-0.3, -0.25) is 4.90 Å². The SMILES string of the molecule is C[n+]1c(/C=C/c2cc3ccccc3[nH]2)cc(N2CCN(CCO)CC2)c2ccccc21. The molecule has 0 atom stereocenters. The smallest absolute Gasteiger partial charge is 0.214 e. The number of aliphatic hydroxyl groups excluding tert-OH is 1. The summed E-state index contributed by atoms with van der Waals surface area (Å²) in [6.07, 6.45) is 4.36. The Hall–Kier alpha value is -3.15. The van der Waals surface area contributed by atoms with E-state index in [1.54, 1.807) is 0 Å². The number of nitrogens with one attached hydrogen (secondary N) is 1. The quantitative estimate of drug-likeness (QED) is 0.493. The van der Waals surface area contributed by atoms with Crippen LogP contribution in [0, 0.1) is 0 Å². The highest BCUT2D eigenvalue weighted by atomic mass is 16.3. The average molecular weight is 414 g/mol. The van der Waals surface area contributed by atoms with Crippen molar-refractivity contribution in [1.29, 1.82) is 0 Å². The van der Waals surface area contributed by atoms with Gasteiger partial charge in [0.25, 0.3) is 0 Å². The predicted octanol–water partition coefficient (Wildman–Crippen LogP) is 3.43. The van der Waals surface area contributed by atoms with E-state index in [1.807, 2.05) is 0 Å². The van der Waals surface area contributed by atoms with Gasteiger partial charge in [-0.05, 0) is 29.7 Å². The van der Waals surface area contributed by atoms with Crippen LogP contribution in [0.2, 0.25) is 0 Å². The first kappa shape index (κ1) is 19.8. The number of rotatable bonds is 5. The highest BCUT2D eigenvalue weighted by molar-refractivity contribution is 5.91. The van der Waals surface area contributed by atoms with Crippen LogP contribution < -0.4 is 9.47 Å². The molecule has 3 heterocycles. The number of aryl methyl sites for hydroxylation is 1. The zero-order chi connectivity index (χ0) is 21.2. The largest absolute Gasteiger partial charge is 0.395 e. The zero-order valence-electron chi connectivity index (χ0n) is 18.0. The lowest BCUT2D eigenvalue weighted by atomic mass is 10.1. The molecule has 5 nitrogen and oxygen atoms in total. The van der Waals surface area contributed by atoms with Gasteiger partial charge in [0.05, 0.1) is 17.7 Å². The Balaban J connectivity index is 1.50. The minimum Gasteiger partial charge on any atom is -0.395 e. The Kier molecular flexibility index (Phi) is 5.45. The Morgan fingerprint density at radius 2 is 1.74 bits per heavy atom. The molecule has 158 valence electrons. The van der Waals surface area contributed by atoms with Gasteiger partial charge in [0.1, 0.15) is 7.05 Å². The monoisotopic (exact) mass is 413 g/mol. The van der Waals surface area contributed by atoms with Crippen molar-refractivity contribution in [3.05, 3.63) is 72.1 Å². The lowest BCUT2D eigenvalue weighted by Crippen LogP contribution is -2.47. The number of hydrogen-bond donors (Lipinski definition) is 2. The Bertz CT molecular complexity index is 1200. The van der Waals surface area contributed by atoms with Gasteiger partial charge in [-0.1, -0.05) is 30.3 Å². The molecule has 1 fully saturated rings. The van der Waals surface area contributed by atoms with E-state index in [4.69, 9.17) is 0 Å². The Morgan fingerprint density at radius 3 is 2.55 bits per heavy atom. The second-order valence-corrected chi connectivity index (χ2v) is 8.23.